The van der Waals surface area contributed by atoms with Crippen LogP contribution in [0.2, 0.25) is 0 Å². The van der Waals surface area contributed by atoms with Gasteiger partial charge in [-0.1, -0.05) is 0 Å². The van der Waals surface area contributed by atoms with Gasteiger partial charge in [-0.3, -0.25) is 9.89 Å². The van der Waals surface area contributed by atoms with Crippen molar-refractivity contribution in [1.82, 2.24) is 20.1 Å². The lowest BCUT2D eigenvalue weighted by molar-refractivity contribution is -0.121. The van der Waals surface area contributed by atoms with Crippen LogP contribution >= 0.6 is 0 Å². The van der Waals surface area contributed by atoms with Crippen LogP contribution in [0.3, 0.4) is 0 Å². The van der Waals surface area contributed by atoms with Crippen molar-refractivity contribution < 1.29 is 14.7 Å². The lowest BCUT2D eigenvalue weighted by Gasteiger charge is -2.07. The lowest BCUT2D eigenvalue weighted by Crippen LogP contribution is -2.28. The maximum Gasteiger partial charge on any atom is 0.352 e. The first-order chi connectivity index (χ1) is 9.08. The predicted octanol–water partition coefficient (Wildman–Crippen LogP) is 0.534. The molecule has 0 unspecified atom stereocenters. The minimum Gasteiger partial charge on any atom is -0.477 e. The fourth-order valence-corrected chi connectivity index (χ4v) is 1.70. The van der Waals surface area contributed by atoms with E-state index < -0.39 is 5.97 Å². The minimum atomic E-state index is -1.05. The molecule has 0 saturated heterocycles. The average Bonchev–Trinajstić information content (AvgIpc) is 2.95. The van der Waals surface area contributed by atoms with Gasteiger partial charge in [-0.05, 0) is 19.1 Å². The summed E-state index contributed by atoms with van der Waals surface area (Å²) in [6, 6.07) is 3.05. The van der Waals surface area contributed by atoms with Crippen LogP contribution in [-0.4, -0.2) is 31.7 Å². The lowest BCUT2D eigenvalue weighted by atomic mass is 10.2. The van der Waals surface area contributed by atoms with Crippen LogP contribution in [0.4, 0.5) is 0 Å². The summed E-state index contributed by atoms with van der Waals surface area (Å²) in [4.78, 5) is 22.6. The standard InChI is InChI=1S/C12H14N4O3/c1-8-9(6-14-15-8)5-13-11(17)7-16-4-2-3-10(16)12(18)19/h2-4,6H,5,7H2,1H3,(H,13,17)(H,14,15)(H,18,19). The highest BCUT2D eigenvalue weighted by molar-refractivity contribution is 5.86. The molecule has 100 valence electrons. The van der Waals surface area contributed by atoms with E-state index in [9.17, 15) is 9.59 Å². The van der Waals surface area contributed by atoms with Crippen molar-refractivity contribution in [2.24, 2.45) is 0 Å². The summed E-state index contributed by atoms with van der Waals surface area (Å²) < 4.78 is 1.39. The van der Waals surface area contributed by atoms with Gasteiger partial charge in [0.2, 0.25) is 5.91 Å². The first-order valence-electron chi connectivity index (χ1n) is 5.72. The number of H-pyrrole nitrogens is 1. The van der Waals surface area contributed by atoms with Gasteiger partial charge in [0.1, 0.15) is 12.2 Å². The summed E-state index contributed by atoms with van der Waals surface area (Å²) in [5.41, 5.74) is 1.89. The summed E-state index contributed by atoms with van der Waals surface area (Å²) in [5, 5.41) is 18.3. The Morgan fingerprint density at radius 3 is 2.95 bits per heavy atom. The van der Waals surface area contributed by atoms with Gasteiger partial charge in [0.25, 0.3) is 0 Å². The Kier molecular flexibility index (Phi) is 3.65. The number of amides is 1. The van der Waals surface area contributed by atoms with Crippen LogP contribution in [0.25, 0.3) is 0 Å². The van der Waals surface area contributed by atoms with Gasteiger partial charge in [0.05, 0.1) is 6.20 Å². The second-order valence-corrected chi connectivity index (χ2v) is 4.12. The van der Waals surface area contributed by atoms with Gasteiger partial charge in [0.15, 0.2) is 0 Å². The molecule has 0 aromatic carbocycles. The molecule has 7 nitrogen and oxygen atoms in total. The molecule has 0 aliphatic rings. The second kappa shape index (κ2) is 5.38. The maximum absolute atomic E-state index is 11.7. The number of nitrogens with zero attached hydrogens (tertiary/aromatic N) is 2. The van der Waals surface area contributed by atoms with Crippen molar-refractivity contribution >= 4 is 11.9 Å². The molecule has 0 radical (unpaired) electrons. The van der Waals surface area contributed by atoms with Crippen molar-refractivity contribution in [2.45, 2.75) is 20.0 Å². The second-order valence-electron chi connectivity index (χ2n) is 4.12. The summed E-state index contributed by atoms with van der Waals surface area (Å²) in [6.45, 7) is 2.21. The smallest absolute Gasteiger partial charge is 0.352 e. The number of aromatic amines is 1. The molecular weight excluding hydrogens is 248 g/mol. The summed E-state index contributed by atoms with van der Waals surface area (Å²) in [6.07, 6.45) is 3.21. The highest BCUT2D eigenvalue weighted by atomic mass is 16.4. The van der Waals surface area contributed by atoms with Crippen molar-refractivity contribution in [3.8, 4) is 0 Å². The van der Waals surface area contributed by atoms with E-state index in [-0.39, 0.29) is 18.1 Å². The molecule has 0 saturated carbocycles. The summed E-state index contributed by atoms with van der Waals surface area (Å²) in [7, 11) is 0. The fraction of sp³-hybridized carbons (Fsp3) is 0.250. The molecule has 0 aliphatic carbocycles. The number of nitrogens with one attached hydrogen (secondary N) is 2. The Balaban J connectivity index is 1.93. The summed E-state index contributed by atoms with van der Waals surface area (Å²) >= 11 is 0. The molecular formula is C12H14N4O3. The predicted molar refractivity (Wildman–Crippen MR) is 66.6 cm³/mol. The first kappa shape index (κ1) is 12.9. The number of carboxylic acids is 1. The van der Waals surface area contributed by atoms with Crippen LogP contribution in [0, 0.1) is 6.92 Å². The van der Waals surface area contributed by atoms with Crippen LogP contribution in [0.15, 0.2) is 24.5 Å². The monoisotopic (exact) mass is 262 g/mol. The van der Waals surface area contributed by atoms with Crippen molar-refractivity contribution in [3.63, 3.8) is 0 Å². The number of carbonyl (C=O) groups is 2. The topological polar surface area (TPSA) is 100 Å². The number of aromatic nitrogens is 3. The highest BCUT2D eigenvalue weighted by Gasteiger charge is 2.11. The number of aromatic carboxylic acids is 1. The van der Waals surface area contributed by atoms with Gasteiger partial charge >= 0.3 is 5.97 Å². The van der Waals surface area contributed by atoms with E-state index in [4.69, 9.17) is 5.11 Å². The van der Waals surface area contributed by atoms with E-state index in [2.05, 4.69) is 15.5 Å². The Morgan fingerprint density at radius 2 is 2.32 bits per heavy atom. The fourth-order valence-electron chi connectivity index (χ4n) is 1.70. The quantitative estimate of drug-likeness (QED) is 0.732. The molecule has 0 bridgehead atoms. The molecule has 19 heavy (non-hydrogen) atoms. The molecule has 2 aromatic heterocycles. The zero-order chi connectivity index (χ0) is 13.8. The average molecular weight is 262 g/mol. The number of hydrogen-bond acceptors (Lipinski definition) is 3. The van der Waals surface area contributed by atoms with E-state index in [1.165, 1.54) is 10.6 Å². The molecule has 1 amide bonds. The van der Waals surface area contributed by atoms with Gasteiger partial charge < -0.3 is 15.0 Å². The van der Waals surface area contributed by atoms with E-state index in [1.807, 2.05) is 6.92 Å². The molecule has 0 aliphatic heterocycles. The van der Waals surface area contributed by atoms with E-state index in [0.717, 1.165) is 11.3 Å². The highest BCUT2D eigenvalue weighted by Crippen LogP contribution is 2.03. The molecule has 2 rings (SSSR count). The SMILES string of the molecule is Cc1[nH]ncc1CNC(=O)Cn1cccc1C(=O)O. The van der Waals surface area contributed by atoms with Crippen molar-refractivity contribution in [2.75, 3.05) is 0 Å². The molecule has 7 heteroatoms. The molecule has 2 aromatic rings. The molecule has 2 heterocycles. The molecule has 0 fully saturated rings. The van der Waals surface area contributed by atoms with E-state index >= 15 is 0 Å². The Labute approximate surface area is 109 Å². The van der Waals surface area contributed by atoms with Crippen LogP contribution < -0.4 is 5.32 Å². The molecule has 3 N–H and O–H groups in total. The minimum absolute atomic E-state index is 0.0223. The normalized spacial score (nSPS) is 10.4. The van der Waals surface area contributed by atoms with Gasteiger partial charge in [-0.15, -0.1) is 0 Å². The number of carbonyl (C=O) groups excluding carboxylic acids is 1. The number of carboxylic acid groups (broad SMARTS) is 1. The van der Waals surface area contributed by atoms with Gasteiger partial charge in [-0.2, -0.15) is 5.10 Å². The van der Waals surface area contributed by atoms with Crippen LogP contribution in [0.1, 0.15) is 21.7 Å². The van der Waals surface area contributed by atoms with Crippen LogP contribution in [0.5, 0.6) is 0 Å². The van der Waals surface area contributed by atoms with E-state index in [0.29, 0.717) is 6.54 Å². The first-order valence-corrected chi connectivity index (χ1v) is 5.72. The third kappa shape index (κ3) is 3.01. The third-order valence-electron chi connectivity index (χ3n) is 2.77. The summed E-state index contributed by atoms with van der Waals surface area (Å²) in [5.74, 6) is -1.30. The van der Waals surface area contributed by atoms with Gasteiger partial charge in [0, 0.05) is 24.0 Å². The number of rotatable bonds is 5. The zero-order valence-corrected chi connectivity index (χ0v) is 10.4. The Bertz CT molecular complexity index is 600. The zero-order valence-electron chi connectivity index (χ0n) is 10.4. The van der Waals surface area contributed by atoms with Gasteiger partial charge in [-0.25, -0.2) is 4.79 Å². The van der Waals surface area contributed by atoms with E-state index in [1.54, 1.807) is 18.5 Å². The third-order valence-corrected chi connectivity index (χ3v) is 2.77. The number of hydrogen-bond donors (Lipinski definition) is 3. The van der Waals surface area contributed by atoms with Crippen LogP contribution in [-0.2, 0) is 17.9 Å². The maximum atomic E-state index is 11.7. The molecule has 0 atom stereocenters. The molecule has 0 spiro atoms. The van der Waals surface area contributed by atoms with Crippen molar-refractivity contribution in [1.29, 1.82) is 0 Å². The number of aryl methyl sites for hydroxylation is 1. The Hall–Kier alpha value is -2.57. The largest absolute Gasteiger partial charge is 0.477 e. The Morgan fingerprint density at radius 1 is 1.53 bits per heavy atom. The van der Waals surface area contributed by atoms with Crippen molar-refractivity contribution in [3.05, 3.63) is 41.5 Å².